The van der Waals surface area contributed by atoms with Gasteiger partial charge in [0.25, 0.3) is 0 Å². The van der Waals surface area contributed by atoms with E-state index in [0.717, 1.165) is 5.56 Å². The van der Waals surface area contributed by atoms with E-state index in [4.69, 9.17) is 9.84 Å². The average Bonchev–Trinajstić information content (AvgIpc) is 3.35. The Morgan fingerprint density at radius 3 is 2.55 bits per heavy atom. The standard InChI is InChI=1S/C17H15NO4/c19-16(20)15-9-14(15)11-4-6-12(7-5-11)17(21)22-10-13-3-1-2-8-18-13/h1-8,14-15H,9-10H2,(H,19,20). The number of aliphatic carboxylic acids is 1. The summed E-state index contributed by atoms with van der Waals surface area (Å²) in [6.07, 6.45) is 2.31. The number of aromatic nitrogens is 1. The number of hydrogen-bond acceptors (Lipinski definition) is 4. The zero-order valence-electron chi connectivity index (χ0n) is 11.8. The van der Waals surface area contributed by atoms with Crippen molar-refractivity contribution in [2.75, 3.05) is 0 Å². The summed E-state index contributed by atoms with van der Waals surface area (Å²) in [5.74, 6) is -1.40. The summed E-state index contributed by atoms with van der Waals surface area (Å²) in [4.78, 5) is 26.9. The van der Waals surface area contributed by atoms with Gasteiger partial charge in [-0.3, -0.25) is 9.78 Å². The molecule has 1 N–H and O–H groups in total. The van der Waals surface area contributed by atoms with Crippen molar-refractivity contribution in [2.45, 2.75) is 18.9 Å². The van der Waals surface area contributed by atoms with E-state index in [1.54, 1.807) is 42.6 Å². The van der Waals surface area contributed by atoms with E-state index < -0.39 is 11.9 Å². The topological polar surface area (TPSA) is 76.5 Å². The monoisotopic (exact) mass is 297 g/mol. The van der Waals surface area contributed by atoms with Crippen LogP contribution in [-0.2, 0) is 16.1 Å². The number of carbonyl (C=O) groups excluding carboxylic acids is 1. The second-order valence-corrected chi connectivity index (χ2v) is 5.31. The van der Waals surface area contributed by atoms with Crippen LogP contribution in [0.15, 0.2) is 48.7 Å². The fourth-order valence-corrected chi connectivity index (χ4v) is 2.41. The summed E-state index contributed by atoms with van der Waals surface area (Å²) in [6.45, 7) is 0.130. The van der Waals surface area contributed by atoms with Gasteiger partial charge in [0.15, 0.2) is 0 Å². The van der Waals surface area contributed by atoms with E-state index >= 15 is 0 Å². The highest BCUT2D eigenvalue weighted by Gasteiger charge is 2.44. The van der Waals surface area contributed by atoms with Gasteiger partial charge in [0.05, 0.1) is 17.2 Å². The Bertz CT molecular complexity index is 682. The molecule has 2 atom stereocenters. The molecule has 2 unspecified atom stereocenters. The van der Waals surface area contributed by atoms with E-state index in [1.807, 2.05) is 6.07 Å². The van der Waals surface area contributed by atoms with E-state index in [9.17, 15) is 9.59 Å². The van der Waals surface area contributed by atoms with Gasteiger partial charge in [0.1, 0.15) is 6.61 Å². The van der Waals surface area contributed by atoms with Crippen LogP contribution in [0.3, 0.4) is 0 Å². The number of carbonyl (C=O) groups is 2. The number of carboxylic acids is 1. The van der Waals surface area contributed by atoms with Gasteiger partial charge in [-0.2, -0.15) is 0 Å². The SMILES string of the molecule is O=C(OCc1ccccn1)c1ccc(C2CC2C(=O)O)cc1. The molecular formula is C17H15NO4. The molecule has 5 heteroatoms. The fraction of sp³-hybridized carbons (Fsp3) is 0.235. The Hall–Kier alpha value is -2.69. The average molecular weight is 297 g/mol. The number of carboxylic acid groups (broad SMARTS) is 1. The lowest BCUT2D eigenvalue weighted by atomic mass is 10.1. The highest BCUT2D eigenvalue weighted by atomic mass is 16.5. The molecule has 1 aliphatic rings. The van der Waals surface area contributed by atoms with Crippen molar-refractivity contribution in [1.29, 1.82) is 0 Å². The molecule has 1 fully saturated rings. The Labute approximate surface area is 127 Å². The van der Waals surface area contributed by atoms with Crippen molar-refractivity contribution < 1.29 is 19.4 Å². The quantitative estimate of drug-likeness (QED) is 0.858. The third kappa shape index (κ3) is 3.14. The van der Waals surface area contributed by atoms with Crippen LogP contribution in [0, 0.1) is 5.92 Å². The summed E-state index contributed by atoms with van der Waals surface area (Å²) < 4.78 is 5.19. The van der Waals surface area contributed by atoms with Crippen molar-refractivity contribution in [2.24, 2.45) is 5.92 Å². The van der Waals surface area contributed by atoms with Gasteiger partial charge in [0.2, 0.25) is 0 Å². The van der Waals surface area contributed by atoms with Crippen molar-refractivity contribution in [3.05, 3.63) is 65.5 Å². The molecule has 5 nitrogen and oxygen atoms in total. The van der Waals surface area contributed by atoms with Crippen molar-refractivity contribution in [3.63, 3.8) is 0 Å². The maximum absolute atomic E-state index is 11.9. The molecule has 0 radical (unpaired) electrons. The number of pyridine rings is 1. The molecule has 1 aliphatic carbocycles. The molecule has 1 aromatic heterocycles. The number of benzene rings is 1. The first-order valence-electron chi connectivity index (χ1n) is 7.05. The van der Waals surface area contributed by atoms with Crippen LogP contribution in [0.1, 0.15) is 34.0 Å². The minimum Gasteiger partial charge on any atom is -0.481 e. The third-order valence-electron chi connectivity index (χ3n) is 3.76. The minimum absolute atomic E-state index is 0.0658. The number of hydrogen-bond donors (Lipinski definition) is 1. The van der Waals surface area contributed by atoms with Crippen LogP contribution in [0.25, 0.3) is 0 Å². The lowest BCUT2D eigenvalue weighted by Gasteiger charge is -2.05. The number of ether oxygens (including phenoxy) is 1. The van der Waals surface area contributed by atoms with Crippen molar-refractivity contribution >= 4 is 11.9 Å². The minimum atomic E-state index is -0.760. The van der Waals surface area contributed by atoms with Gasteiger partial charge in [-0.05, 0) is 42.2 Å². The summed E-state index contributed by atoms with van der Waals surface area (Å²) >= 11 is 0. The van der Waals surface area contributed by atoms with Gasteiger partial charge >= 0.3 is 11.9 Å². The lowest BCUT2D eigenvalue weighted by molar-refractivity contribution is -0.138. The molecule has 112 valence electrons. The lowest BCUT2D eigenvalue weighted by Crippen LogP contribution is -2.06. The number of rotatable bonds is 5. The van der Waals surface area contributed by atoms with Gasteiger partial charge in [-0.1, -0.05) is 18.2 Å². The third-order valence-corrected chi connectivity index (χ3v) is 3.76. The van der Waals surface area contributed by atoms with E-state index in [1.165, 1.54) is 0 Å². The summed E-state index contributed by atoms with van der Waals surface area (Å²) in [5.41, 5.74) is 2.09. The Morgan fingerprint density at radius 1 is 1.18 bits per heavy atom. The van der Waals surface area contributed by atoms with Crippen molar-refractivity contribution in [1.82, 2.24) is 4.98 Å². The normalized spacial score (nSPS) is 19.5. The predicted molar refractivity (Wildman–Crippen MR) is 78.3 cm³/mol. The van der Waals surface area contributed by atoms with Gasteiger partial charge in [0, 0.05) is 6.20 Å². The molecule has 3 rings (SSSR count). The second kappa shape index (κ2) is 5.97. The number of nitrogens with zero attached hydrogens (tertiary/aromatic N) is 1. The Morgan fingerprint density at radius 2 is 1.95 bits per heavy atom. The highest BCUT2D eigenvalue weighted by Crippen LogP contribution is 2.47. The van der Waals surface area contributed by atoms with Crippen molar-refractivity contribution in [3.8, 4) is 0 Å². The maximum Gasteiger partial charge on any atom is 0.338 e. The van der Waals surface area contributed by atoms with Crippen LogP contribution >= 0.6 is 0 Å². The molecule has 0 aliphatic heterocycles. The molecule has 0 amide bonds. The molecule has 1 aromatic carbocycles. The zero-order valence-corrected chi connectivity index (χ0v) is 11.8. The molecule has 1 heterocycles. The van der Waals surface area contributed by atoms with Gasteiger partial charge in [-0.25, -0.2) is 4.79 Å². The predicted octanol–water partition coefficient (Wildman–Crippen LogP) is 2.63. The van der Waals surface area contributed by atoms with Gasteiger partial charge in [-0.15, -0.1) is 0 Å². The van der Waals surface area contributed by atoms with Crippen LogP contribution in [0.2, 0.25) is 0 Å². The Balaban J connectivity index is 1.58. The molecule has 0 spiro atoms. The van der Waals surface area contributed by atoms with E-state index in [2.05, 4.69) is 4.98 Å². The van der Waals surface area contributed by atoms with Gasteiger partial charge < -0.3 is 9.84 Å². The van der Waals surface area contributed by atoms with Crippen LogP contribution in [0.5, 0.6) is 0 Å². The summed E-state index contributed by atoms with van der Waals surface area (Å²) in [6, 6.07) is 12.4. The number of esters is 1. The zero-order chi connectivity index (χ0) is 15.5. The van der Waals surface area contributed by atoms with E-state index in [-0.39, 0.29) is 18.4 Å². The van der Waals surface area contributed by atoms with Crippen LogP contribution in [-0.4, -0.2) is 22.0 Å². The molecule has 22 heavy (non-hydrogen) atoms. The molecule has 0 saturated heterocycles. The second-order valence-electron chi connectivity index (χ2n) is 5.31. The van der Waals surface area contributed by atoms with Crippen LogP contribution < -0.4 is 0 Å². The highest BCUT2D eigenvalue weighted by molar-refractivity contribution is 5.89. The molecule has 1 saturated carbocycles. The molecule has 0 bridgehead atoms. The van der Waals surface area contributed by atoms with Crippen LogP contribution in [0.4, 0.5) is 0 Å². The molecular weight excluding hydrogens is 282 g/mol. The smallest absolute Gasteiger partial charge is 0.338 e. The van der Waals surface area contributed by atoms with E-state index in [0.29, 0.717) is 17.7 Å². The largest absolute Gasteiger partial charge is 0.481 e. The maximum atomic E-state index is 11.9. The summed E-state index contributed by atoms with van der Waals surface area (Å²) in [7, 11) is 0. The molecule has 2 aromatic rings. The fourth-order valence-electron chi connectivity index (χ4n) is 2.41. The summed E-state index contributed by atoms with van der Waals surface area (Å²) in [5, 5.41) is 8.93. The Kier molecular flexibility index (Phi) is 3.87. The first-order valence-corrected chi connectivity index (χ1v) is 7.05. The first kappa shape index (κ1) is 14.3. The first-order chi connectivity index (χ1) is 10.6.